The van der Waals surface area contributed by atoms with E-state index in [9.17, 15) is 0 Å². The van der Waals surface area contributed by atoms with Crippen molar-refractivity contribution in [1.29, 1.82) is 0 Å². The number of rotatable bonds is 4. The standard InChI is InChI=1S/C19H20N6S/c1-12-14(3)26-19-17(12)18(21-10-22-19)24(4)13(2)15-5-7-16(8-6-15)25-11-20-9-23-25/h5-11,13H,1-4H3/t13-/m0/s1. The number of hydrogen-bond acceptors (Lipinski definition) is 6. The number of fused-ring (bicyclic) bond motifs is 1. The van der Waals surface area contributed by atoms with Gasteiger partial charge in [0.1, 0.15) is 29.6 Å². The van der Waals surface area contributed by atoms with Gasteiger partial charge in [-0.1, -0.05) is 12.1 Å². The van der Waals surface area contributed by atoms with E-state index in [4.69, 9.17) is 0 Å². The fourth-order valence-electron chi connectivity index (χ4n) is 3.09. The van der Waals surface area contributed by atoms with Crippen molar-refractivity contribution >= 4 is 27.4 Å². The molecule has 4 rings (SSSR count). The number of benzene rings is 1. The minimum atomic E-state index is 0.178. The van der Waals surface area contributed by atoms with Crippen LogP contribution in [0.2, 0.25) is 0 Å². The summed E-state index contributed by atoms with van der Waals surface area (Å²) in [6.45, 7) is 6.47. The summed E-state index contributed by atoms with van der Waals surface area (Å²) in [6, 6.07) is 8.55. The van der Waals surface area contributed by atoms with Gasteiger partial charge >= 0.3 is 0 Å². The first-order valence-electron chi connectivity index (χ1n) is 8.44. The van der Waals surface area contributed by atoms with E-state index >= 15 is 0 Å². The zero-order valence-electron chi connectivity index (χ0n) is 15.2. The highest BCUT2D eigenvalue weighted by Crippen LogP contribution is 2.36. The highest BCUT2D eigenvalue weighted by atomic mass is 32.1. The van der Waals surface area contributed by atoms with Crippen LogP contribution in [0, 0.1) is 13.8 Å². The zero-order chi connectivity index (χ0) is 18.3. The van der Waals surface area contributed by atoms with Crippen LogP contribution in [-0.4, -0.2) is 31.8 Å². The van der Waals surface area contributed by atoms with Crippen LogP contribution >= 0.6 is 11.3 Å². The molecule has 6 nitrogen and oxygen atoms in total. The molecule has 1 atom stereocenters. The minimum Gasteiger partial charge on any atom is -0.352 e. The first-order chi connectivity index (χ1) is 12.6. The Morgan fingerprint density at radius 3 is 2.54 bits per heavy atom. The second-order valence-corrected chi connectivity index (χ2v) is 7.58. The lowest BCUT2D eigenvalue weighted by Gasteiger charge is -2.27. The van der Waals surface area contributed by atoms with Gasteiger partial charge in [0.25, 0.3) is 0 Å². The third-order valence-corrected chi connectivity index (χ3v) is 6.03. The lowest BCUT2D eigenvalue weighted by atomic mass is 10.1. The van der Waals surface area contributed by atoms with E-state index in [0.717, 1.165) is 21.7 Å². The van der Waals surface area contributed by atoms with Gasteiger partial charge in [0, 0.05) is 11.9 Å². The Morgan fingerprint density at radius 2 is 1.85 bits per heavy atom. The van der Waals surface area contributed by atoms with Crippen molar-refractivity contribution in [2.75, 3.05) is 11.9 Å². The van der Waals surface area contributed by atoms with Crippen molar-refractivity contribution in [2.45, 2.75) is 26.8 Å². The van der Waals surface area contributed by atoms with Crippen molar-refractivity contribution in [1.82, 2.24) is 24.7 Å². The van der Waals surface area contributed by atoms with Gasteiger partial charge in [0.05, 0.1) is 17.1 Å². The van der Waals surface area contributed by atoms with Crippen LogP contribution in [0.3, 0.4) is 0 Å². The average molecular weight is 364 g/mol. The van der Waals surface area contributed by atoms with Gasteiger partial charge < -0.3 is 4.90 Å². The molecule has 4 aromatic rings. The molecule has 3 heterocycles. The fourth-order valence-corrected chi connectivity index (χ4v) is 4.08. The largest absolute Gasteiger partial charge is 0.352 e. The molecular weight excluding hydrogens is 344 g/mol. The summed E-state index contributed by atoms with van der Waals surface area (Å²) in [5.41, 5.74) is 3.48. The lowest BCUT2D eigenvalue weighted by molar-refractivity contribution is 0.730. The summed E-state index contributed by atoms with van der Waals surface area (Å²) in [7, 11) is 2.09. The monoisotopic (exact) mass is 364 g/mol. The predicted octanol–water partition coefficient (Wildman–Crippen LogP) is 4.09. The molecule has 0 N–H and O–H groups in total. The molecule has 132 valence electrons. The third-order valence-electron chi connectivity index (χ3n) is 4.92. The Balaban J connectivity index is 1.67. The second kappa shape index (κ2) is 6.49. The maximum atomic E-state index is 4.58. The molecule has 7 heteroatoms. The maximum Gasteiger partial charge on any atom is 0.141 e. The van der Waals surface area contributed by atoms with Crippen LogP contribution in [0.4, 0.5) is 5.82 Å². The Bertz CT molecular complexity index is 1040. The van der Waals surface area contributed by atoms with Crippen molar-refractivity contribution in [3.63, 3.8) is 0 Å². The summed E-state index contributed by atoms with van der Waals surface area (Å²) in [5, 5.41) is 5.33. The van der Waals surface area contributed by atoms with Gasteiger partial charge in [-0.05, 0) is 44.0 Å². The van der Waals surface area contributed by atoms with E-state index in [0.29, 0.717) is 0 Å². The van der Waals surface area contributed by atoms with Gasteiger partial charge in [-0.25, -0.2) is 19.6 Å². The minimum absolute atomic E-state index is 0.178. The number of aromatic nitrogens is 5. The molecule has 0 saturated heterocycles. The van der Waals surface area contributed by atoms with E-state index in [1.54, 1.807) is 28.7 Å². The molecule has 0 unspecified atom stereocenters. The maximum absolute atomic E-state index is 4.58. The van der Waals surface area contributed by atoms with E-state index in [1.165, 1.54) is 22.3 Å². The molecule has 0 fully saturated rings. The predicted molar refractivity (Wildman–Crippen MR) is 105 cm³/mol. The lowest BCUT2D eigenvalue weighted by Crippen LogP contribution is -2.23. The Hall–Kier alpha value is -2.80. The molecule has 0 amide bonds. The number of thiophene rings is 1. The number of aryl methyl sites for hydroxylation is 2. The zero-order valence-corrected chi connectivity index (χ0v) is 16.0. The Kier molecular flexibility index (Phi) is 4.16. The SMILES string of the molecule is Cc1sc2ncnc(N(C)[C@@H](C)c3ccc(-n4cncn4)cc3)c2c1C. The van der Waals surface area contributed by atoms with Crippen LogP contribution in [0.25, 0.3) is 15.9 Å². The normalized spacial score (nSPS) is 12.5. The Labute approximate surface area is 156 Å². The summed E-state index contributed by atoms with van der Waals surface area (Å²) in [6.07, 6.45) is 4.89. The van der Waals surface area contributed by atoms with E-state index in [2.05, 4.69) is 77.0 Å². The highest BCUT2D eigenvalue weighted by molar-refractivity contribution is 7.18. The molecule has 26 heavy (non-hydrogen) atoms. The number of hydrogen-bond donors (Lipinski definition) is 0. The quantitative estimate of drug-likeness (QED) is 0.546. The van der Waals surface area contributed by atoms with Gasteiger partial charge in [0.2, 0.25) is 0 Å². The molecule has 0 bridgehead atoms. The molecule has 0 saturated carbocycles. The van der Waals surface area contributed by atoms with Crippen molar-refractivity contribution < 1.29 is 0 Å². The van der Waals surface area contributed by atoms with Crippen LogP contribution in [0.1, 0.15) is 29.0 Å². The smallest absolute Gasteiger partial charge is 0.141 e. The average Bonchev–Trinajstić information content (AvgIpc) is 3.30. The van der Waals surface area contributed by atoms with Crippen molar-refractivity contribution in [2.24, 2.45) is 0 Å². The van der Waals surface area contributed by atoms with Gasteiger partial charge in [0.15, 0.2) is 0 Å². The van der Waals surface area contributed by atoms with Crippen LogP contribution in [-0.2, 0) is 0 Å². The summed E-state index contributed by atoms with van der Waals surface area (Å²) in [5.74, 6) is 0.977. The van der Waals surface area contributed by atoms with Crippen molar-refractivity contribution in [3.05, 3.63) is 59.3 Å². The van der Waals surface area contributed by atoms with Crippen molar-refractivity contribution in [3.8, 4) is 5.69 Å². The second-order valence-electron chi connectivity index (χ2n) is 6.38. The van der Waals surface area contributed by atoms with Crippen LogP contribution in [0.5, 0.6) is 0 Å². The van der Waals surface area contributed by atoms with E-state index < -0.39 is 0 Å². The first-order valence-corrected chi connectivity index (χ1v) is 9.26. The summed E-state index contributed by atoms with van der Waals surface area (Å²) in [4.78, 5) is 17.6. The molecule has 0 aliphatic carbocycles. The first kappa shape index (κ1) is 16.7. The van der Waals surface area contributed by atoms with Crippen LogP contribution in [0.15, 0.2) is 43.2 Å². The Morgan fingerprint density at radius 1 is 1.08 bits per heavy atom. The molecule has 3 aromatic heterocycles. The summed E-state index contributed by atoms with van der Waals surface area (Å²) < 4.78 is 1.75. The van der Waals surface area contributed by atoms with Gasteiger partial charge in [-0.3, -0.25) is 0 Å². The molecule has 0 aliphatic rings. The third kappa shape index (κ3) is 2.74. The van der Waals surface area contributed by atoms with Crippen LogP contribution < -0.4 is 4.90 Å². The topological polar surface area (TPSA) is 59.7 Å². The fraction of sp³-hybridized carbons (Fsp3) is 0.263. The molecule has 0 radical (unpaired) electrons. The summed E-state index contributed by atoms with van der Waals surface area (Å²) >= 11 is 1.72. The number of anilines is 1. The van der Waals surface area contributed by atoms with Gasteiger partial charge in [-0.15, -0.1) is 11.3 Å². The van der Waals surface area contributed by atoms with Gasteiger partial charge in [-0.2, -0.15) is 5.10 Å². The highest BCUT2D eigenvalue weighted by Gasteiger charge is 2.19. The van der Waals surface area contributed by atoms with E-state index in [1.807, 2.05) is 0 Å². The molecule has 0 aliphatic heterocycles. The molecule has 0 spiro atoms. The molecular formula is C19H20N6S. The van der Waals surface area contributed by atoms with E-state index in [-0.39, 0.29) is 6.04 Å². The molecule has 1 aromatic carbocycles. The number of nitrogens with zero attached hydrogens (tertiary/aromatic N) is 6.